The van der Waals surface area contributed by atoms with Gasteiger partial charge in [0, 0.05) is 16.4 Å². The van der Waals surface area contributed by atoms with Crippen LogP contribution in [0, 0.1) is 11.7 Å². The van der Waals surface area contributed by atoms with Crippen LogP contribution in [0.1, 0.15) is 36.0 Å². The van der Waals surface area contributed by atoms with E-state index in [9.17, 15) is 9.18 Å². The van der Waals surface area contributed by atoms with Crippen LogP contribution in [0.2, 0.25) is 5.02 Å². The smallest absolute Gasteiger partial charge is 0.254 e. The second-order valence-corrected chi connectivity index (χ2v) is 6.70. The zero-order valence-corrected chi connectivity index (χ0v) is 12.8. The van der Waals surface area contributed by atoms with Crippen LogP contribution >= 0.6 is 27.5 Å². The van der Waals surface area contributed by atoms with Gasteiger partial charge in [-0.15, -0.1) is 0 Å². The Balaban J connectivity index is 1.90. The predicted octanol–water partition coefficient (Wildman–Crippen LogP) is 4.16. The molecule has 19 heavy (non-hydrogen) atoms. The fourth-order valence-corrected chi connectivity index (χ4v) is 3.43. The number of amides is 1. The lowest BCUT2D eigenvalue weighted by molar-refractivity contribution is 0.0940. The molecule has 5 heteroatoms. The molecule has 0 spiro atoms. The molecular weight excluding hydrogens is 333 g/mol. The van der Waals surface area contributed by atoms with Gasteiger partial charge in [0.1, 0.15) is 5.82 Å². The van der Waals surface area contributed by atoms with Crippen molar-refractivity contribution >= 4 is 33.4 Å². The highest BCUT2D eigenvalue weighted by molar-refractivity contribution is 9.09. The lowest BCUT2D eigenvalue weighted by atomic mass is 9.89. The Morgan fingerprint density at radius 1 is 1.47 bits per heavy atom. The third-order valence-electron chi connectivity index (χ3n) is 3.45. The normalized spacial score (nSPS) is 23.1. The topological polar surface area (TPSA) is 29.1 Å². The van der Waals surface area contributed by atoms with E-state index < -0.39 is 5.82 Å². The van der Waals surface area contributed by atoms with Crippen molar-refractivity contribution in [3.8, 4) is 0 Å². The third kappa shape index (κ3) is 4.18. The zero-order chi connectivity index (χ0) is 13.8. The summed E-state index contributed by atoms with van der Waals surface area (Å²) in [7, 11) is 0. The highest BCUT2D eigenvalue weighted by atomic mass is 79.9. The summed E-state index contributed by atoms with van der Waals surface area (Å²) >= 11 is 9.27. The van der Waals surface area contributed by atoms with Gasteiger partial charge in [0.2, 0.25) is 0 Å². The number of hydrogen-bond donors (Lipinski definition) is 1. The largest absolute Gasteiger partial charge is 0.352 e. The second-order valence-electron chi connectivity index (χ2n) is 4.96. The third-order valence-corrected chi connectivity index (χ3v) is 4.51. The van der Waals surface area contributed by atoms with Crippen molar-refractivity contribution < 1.29 is 9.18 Å². The summed E-state index contributed by atoms with van der Waals surface area (Å²) in [5.74, 6) is -0.477. The molecule has 1 aliphatic carbocycles. The highest BCUT2D eigenvalue weighted by Gasteiger charge is 2.21. The van der Waals surface area contributed by atoms with Crippen molar-refractivity contribution in [2.45, 2.75) is 30.5 Å². The van der Waals surface area contributed by atoms with Gasteiger partial charge in [-0.3, -0.25) is 4.79 Å². The fraction of sp³-hybridized carbons (Fsp3) is 0.500. The second kappa shape index (κ2) is 6.71. The average molecular weight is 349 g/mol. The molecule has 1 N–H and O–H groups in total. The van der Waals surface area contributed by atoms with Crippen LogP contribution in [0.15, 0.2) is 18.2 Å². The first-order valence-electron chi connectivity index (χ1n) is 6.43. The molecule has 0 aliphatic heterocycles. The summed E-state index contributed by atoms with van der Waals surface area (Å²) in [6.07, 6.45) is 4.54. The van der Waals surface area contributed by atoms with E-state index in [2.05, 4.69) is 21.2 Å². The van der Waals surface area contributed by atoms with E-state index in [1.54, 1.807) is 0 Å². The number of nitrogens with one attached hydrogen (secondary N) is 1. The Morgan fingerprint density at radius 2 is 2.26 bits per heavy atom. The van der Waals surface area contributed by atoms with E-state index >= 15 is 0 Å². The standard InChI is InChI=1S/C14H16BrClFNO/c15-10-3-1-2-9(6-10)8-18-14(19)12-5-4-11(16)7-13(12)17/h4-5,7,9-10H,1-3,6,8H2,(H,18,19). The quantitative estimate of drug-likeness (QED) is 0.816. The minimum Gasteiger partial charge on any atom is -0.352 e. The molecule has 0 heterocycles. The molecule has 1 fully saturated rings. The molecule has 0 radical (unpaired) electrons. The average Bonchev–Trinajstić information content (AvgIpc) is 2.36. The number of alkyl halides is 1. The molecular formula is C14H16BrClFNO. The maximum atomic E-state index is 13.6. The molecule has 1 aromatic carbocycles. The van der Waals surface area contributed by atoms with Crippen molar-refractivity contribution in [3.05, 3.63) is 34.6 Å². The maximum Gasteiger partial charge on any atom is 0.254 e. The molecule has 2 unspecified atom stereocenters. The summed E-state index contributed by atoms with van der Waals surface area (Å²) in [5.41, 5.74) is 0.0515. The molecule has 1 aliphatic rings. The van der Waals surface area contributed by atoms with E-state index in [4.69, 9.17) is 11.6 Å². The zero-order valence-electron chi connectivity index (χ0n) is 10.5. The molecule has 2 atom stereocenters. The van der Waals surface area contributed by atoms with Crippen LogP contribution in [0.5, 0.6) is 0 Å². The van der Waals surface area contributed by atoms with Crippen LogP contribution in [0.3, 0.4) is 0 Å². The van der Waals surface area contributed by atoms with Gasteiger partial charge in [0.25, 0.3) is 5.91 Å². The first kappa shape index (κ1) is 14.8. The lowest BCUT2D eigenvalue weighted by Gasteiger charge is -2.25. The van der Waals surface area contributed by atoms with Gasteiger partial charge in [-0.05, 0) is 43.4 Å². The lowest BCUT2D eigenvalue weighted by Crippen LogP contribution is -2.32. The summed E-state index contributed by atoms with van der Waals surface area (Å²) < 4.78 is 13.6. The SMILES string of the molecule is O=C(NCC1CCCC(Br)C1)c1ccc(Cl)cc1F. The minimum absolute atomic E-state index is 0.0515. The van der Waals surface area contributed by atoms with Crippen LogP contribution < -0.4 is 5.32 Å². The van der Waals surface area contributed by atoms with Crippen molar-refractivity contribution in [2.75, 3.05) is 6.54 Å². The van der Waals surface area contributed by atoms with Crippen LogP contribution in [0.25, 0.3) is 0 Å². The molecule has 2 nitrogen and oxygen atoms in total. The number of carbonyl (C=O) groups is 1. The summed E-state index contributed by atoms with van der Waals surface area (Å²) in [5, 5.41) is 3.10. The van der Waals surface area contributed by atoms with Crippen LogP contribution in [0.4, 0.5) is 4.39 Å². The summed E-state index contributed by atoms with van der Waals surface area (Å²) in [6, 6.07) is 4.10. The number of benzene rings is 1. The maximum absolute atomic E-state index is 13.6. The molecule has 0 aromatic heterocycles. The summed E-state index contributed by atoms with van der Waals surface area (Å²) in [4.78, 5) is 12.4. The van der Waals surface area contributed by atoms with Crippen molar-refractivity contribution in [1.82, 2.24) is 5.32 Å². The van der Waals surface area contributed by atoms with E-state index in [1.165, 1.54) is 25.0 Å². The molecule has 1 saturated carbocycles. The van der Waals surface area contributed by atoms with Gasteiger partial charge in [0.05, 0.1) is 5.56 Å². The van der Waals surface area contributed by atoms with Gasteiger partial charge in [0.15, 0.2) is 0 Å². The van der Waals surface area contributed by atoms with E-state index in [1.807, 2.05) is 0 Å². The predicted molar refractivity (Wildman–Crippen MR) is 78.4 cm³/mol. The first-order chi connectivity index (χ1) is 9.06. The Morgan fingerprint density at radius 3 is 2.95 bits per heavy atom. The molecule has 0 saturated heterocycles. The highest BCUT2D eigenvalue weighted by Crippen LogP contribution is 2.28. The van der Waals surface area contributed by atoms with Gasteiger partial charge in [-0.1, -0.05) is 34.0 Å². The summed E-state index contributed by atoms with van der Waals surface area (Å²) in [6.45, 7) is 0.600. The first-order valence-corrected chi connectivity index (χ1v) is 7.73. The molecule has 1 amide bonds. The molecule has 2 rings (SSSR count). The monoisotopic (exact) mass is 347 g/mol. The van der Waals surface area contributed by atoms with E-state index in [-0.39, 0.29) is 11.5 Å². The van der Waals surface area contributed by atoms with Crippen molar-refractivity contribution in [2.24, 2.45) is 5.92 Å². The Hall–Kier alpha value is -0.610. The number of hydrogen-bond acceptors (Lipinski definition) is 1. The number of halogens is 3. The Kier molecular flexibility index (Phi) is 5.22. The van der Waals surface area contributed by atoms with Crippen LogP contribution in [-0.4, -0.2) is 17.3 Å². The van der Waals surface area contributed by atoms with Crippen molar-refractivity contribution in [1.29, 1.82) is 0 Å². The molecule has 0 bridgehead atoms. The molecule has 1 aromatic rings. The number of rotatable bonds is 3. The Bertz CT molecular complexity index is 469. The molecule has 104 valence electrons. The number of carbonyl (C=O) groups excluding carboxylic acids is 1. The minimum atomic E-state index is -0.577. The van der Waals surface area contributed by atoms with Gasteiger partial charge < -0.3 is 5.32 Å². The van der Waals surface area contributed by atoms with E-state index in [0.717, 1.165) is 18.9 Å². The Labute approximate surface area is 125 Å². The van der Waals surface area contributed by atoms with Crippen LogP contribution in [-0.2, 0) is 0 Å². The van der Waals surface area contributed by atoms with E-state index in [0.29, 0.717) is 22.3 Å². The van der Waals surface area contributed by atoms with Crippen molar-refractivity contribution in [3.63, 3.8) is 0 Å². The van der Waals surface area contributed by atoms with Gasteiger partial charge >= 0.3 is 0 Å². The van der Waals surface area contributed by atoms with Gasteiger partial charge in [-0.25, -0.2) is 4.39 Å². The fourth-order valence-electron chi connectivity index (χ4n) is 2.42. The van der Waals surface area contributed by atoms with Gasteiger partial charge in [-0.2, -0.15) is 0 Å².